The first-order valence-electron chi connectivity index (χ1n) is 16.5. The van der Waals surface area contributed by atoms with Crippen LogP contribution in [0.1, 0.15) is 0 Å². The molecule has 0 aliphatic rings. The number of hydrogen-bond acceptors (Lipinski definition) is 3. The molecule has 7 aromatic carbocycles. The zero-order valence-electron chi connectivity index (χ0n) is 26.2. The Balaban J connectivity index is 1.11. The van der Waals surface area contributed by atoms with Crippen LogP contribution in [0.3, 0.4) is 0 Å². The molecule has 0 bridgehead atoms. The fourth-order valence-corrected chi connectivity index (χ4v) is 8.81. The molecule has 0 N–H and O–H groups in total. The van der Waals surface area contributed by atoms with Gasteiger partial charge in [0.05, 0.1) is 28.3 Å². The molecule has 11 aromatic rings. The van der Waals surface area contributed by atoms with Crippen LogP contribution in [0.4, 0.5) is 0 Å². The van der Waals surface area contributed by atoms with Gasteiger partial charge in [0.1, 0.15) is 10.3 Å². The zero-order valence-corrected chi connectivity index (χ0v) is 27.0. The Morgan fingerprint density at radius 1 is 0.469 bits per heavy atom. The maximum atomic E-state index is 5.34. The predicted molar refractivity (Wildman–Crippen MR) is 207 cm³/mol. The van der Waals surface area contributed by atoms with Crippen LogP contribution in [0.2, 0.25) is 0 Å². The smallest absolute Gasteiger partial charge is 0.157 e. The van der Waals surface area contributed by atoms with E-state index in [4.69, 9.17) is 9.97 Å². The molecule has 0 unspecified atom stereocenters. The van der Waals surface area contributed by atoms with Crippen molar-refractivity contribution < 1.29 is 0 Å². The Bertz CT molecular complexity index is 3110. The summed E-state index contributed by atoms with van der Waals surface area (Å²) in [7, 11) is 0. The standard InChI is InChI=1S/C44H26N4S/c1-2-11-30(12-3-1)47-36-16-8-6-14-32(36)34-24-28(18-21-38(34)47)29-19-22-39-35(25-29)33-15-7-9-17-37(33)48(39)41-26-45-44-43(46-41)42-31-13-5-4-10-27(31)20-23-40(42)49-44/h1-26H. The molecule has 4 heterocycles. The molecule has 0 saturated heterocycles. The van der Waals surface area contributed by atoms with Crippen LogP contribution in [0.5, 0.6) is 0 Å². The first-order valence-corrected chi connectivity index (χ1v) is 17.3. The van der Waals surface area contributed by atoms with Gasteiger partial charge in [-0.25, -0.2) is 9.97 Å². The van der Waals surface area contributed by atoms with Crippen LogP contribution in [0, 0.1) is 0 Å². The van der Waals surface area contributed by atoms with E-state index >= 15 is 0 Å². The van der Waals surface area contributed by atoms with Crippen LogP contribution in [0.15, 0.2) is 158 Å². The number of aromatic nitrogens is 4. The molecule has 49 heavy (non-hydrogen) atoms. The van der Waals surface area contributed by atoms with E-state index in [1.165, 1.54) is 70.3 Å². The molecule has 0 spiro atoms. The lowest BCUT2D eigenvalue weighted by Gasteiger charge is -2.09. The van der Waals surface area contributed by atoms with Gasteiger partial charge in [-0.3, -0.25) is 4.57 Å². The molecule has 0 radical (unpaired) electrons. The SMILES string of the molecule is c1ccc(-n2c3ccccc3c3cc(-c4ccc5c(c4)c4ccccc4n5-c4cnc5sc6ccc7ccccc7c6c5n4)ccc32)cc1. The van der Waals surface area contributed by atoms with E-state index in [0.29, 0.717) is 0 Å². The Morgan fingerprint density at radius 2 is 1.06 bits per heavy atom. The van der Waals surface area contributed by atoms with Gasteiger partial charge in [0.2, 0.25) is 0 Å². The number of benzene rings is 7. The van der Waals surface area contributed by atoms with Crippen molar-refractivity contribution in [1.29, 1.82) is 0 Å². The summed E-state index contributed by atoms with van der Waals surface area (Å²) in [6.45, 7) is 0. The maximum absolute atomic E-state index is 5.34. The van der Waals surface area contributed by atoms with Crippen LogP contribution in [-0.4, -0.2) is 19.1 Å². The summed E-state index contributed by atoms with van der Waals surface area (Å²) in [6.07, 6.45) is 1.93. The minimum absolute atomic E-state index is 0.828. The van der Waals surface area contributed by atoms with Gasteiger partial charge >= 0.3 is 0 Å². The second-order valence-corrected chi connectivity index (χ2v) is 13.7. The molecule has 0 aliphatic carbocycles. The van der Waals surface area contributed by atoms with E-state index < -0.39 is 0 Å². The number of hydrogen-bond donors (Lipinski definition) is 0. The van der Waals surface area contributed by atoms with E-state index in [1.807, 2.05) is 6.20 Å². The highest BCUT2D eigenvalue weighted by molar-refractivity contribution is 7.25. The monoisotopic (exact) mass is 642 g/mol. The molecule has 5 heteroatoms. The molecule has 0 amide bonds. The van der Waals surface area contributed by atoms with Crippen molar-refractivity contribution in [2.45, 2.75) is 0 Å². The minimum atomic E-state index is 0.828. The van der Waals surface area contributed by atoms with Gasteiger partial charge in [0, 0.05) is 37.3 Å². The quantitative estimate of drug-likeness (QED) is 0.192. The van der Waals surface area contributed by atoms with Crippen molar-refractivity contribution in [1.82, 2.24) is 19.1 Å². The molecule has 0 aliphatic heterocycles. The topological polar surface area (TPSA) is 35.6 Å². The first-order chi connectivity index (χ1) is 24.3. The molecule has 0 atom stereocenters. The lowest BCUT2D eigenvalue weighted by Crippen LogP contribution is -1.98. The van der Waals surface area contributed by atoms with Gasteiger partial charge in [-0.1, -0.05) is 97.1 Å². The maximum Gasteiger partial charge on any atom is 0.157 e. The predicted octanol–water partition coefficient (Wildman–Crippen LogP) is 11.9. The van der Waals surface area contributed by atoms with Crippen molar-refractivity contribution in [3.63, 3.8) is 0 Å². The van der Waals surface area contributed by atoms with Crippen molar-refractivity contribution in [3.8, 4) is 22.6 Å². The van der Waals surface area contributed by atoms with Crippen molar-refractivity contribution in [3.05, 3.63) is 158 Å². The van der Waals surface area contributed by atoms with Crippen molar-refractivity contribution in [2.75, 3.05) is 0 Å². The lowest BCUT2D eigenvalue weighted by atomic mass is 10.0. The molecular weight excluding hydrogens is 617 g/mol. The third-order valence-corrected chi connectivity index (χ3v) is 11.0. The molecule has 4 aromatic heterocycles. The average molecular weight is 643 g/mol. The van der Waals surface area contributed by atoms with Gasteiger partial charge in [0.25, 0.3) is 0 Å². The molecule has 228 valence electrons. The summed E-state index contributed by atoms with van der Waals surface area (Å²) in [4.78, 5) is 11.3. The summed E-state index contributed by atoms with van der Waals surface area (Å²) >= 11 is 1.71. The number of nitrogens with zero attached hydrogens (tertiary/aromatic N) is 4. The molecule has 0 saturated carbocycles. The van der Waals surface area contributed by atoms with Gasteiger partial charge in [0.15, 0.2) is 5.82 Å². The van der Waals surface area contributed by atoms with E-state index in [0.717, 1.165) is 27.2 Å². The molecule has 4 nitrogen and oxygen atoms in total. The fraction of sp³-hybridized carbons (Fsp3) is 0. The first kappa shape index (κ1) is 26.7. The largest absolute Gasteiger partial charge is 0.309 e. The summed E-state index contributed by atoms with van der Waals surface area (Å²) < 4.78 is 5.84. The molecule has 11 rings (SSSR count). The highest BCUT2D eigenvalue weighted by atomic mass is 32.1. The normalized spacial score (nSPS) is 12.1. The number of fused-ring (bicyclic) bond motifs is 11. The number of thiophene rings is 1. The van der Waals surface area contributed by atoms with Gasteiger partial charge < -0.3 is 4.57 Å². The van der Waals surface area contributed by atoms with E-state index in [-0.39, 0.29) is 0 Å². The van der Waals surface area contributed by atoms with Crippen LogP contribution >= 0.6 is 11.3 Å². The third kappa shape index (κ3) is 3.85. The zero-order chi connectivity index (χ0) is 32.1. The fourth-order valence-electron chi connectivity index (χ4n) is 7.81. The summed E-state index contributed by atoms with van der Waals surface area (Å²) in [5.74, 6) is 0.828. The molecular formula is C44H26N4S. The molecule has 0 fully saturated rings. The summed E-state index contributed by atoms with van der Waals surface area (Å²) in [6, 6.07) is 54.6. The Morgan fingerprint density at radius 3 is 1.80 bits per heavy atom. The number of rotatable bonds is 3. The summed E-state index contributed by atoms with van der Waals surface area (Å²) in [5, 5.41) is 8.51. The minimum Gasteiger partial charge on any atom is -0.309 e. The highest BCUT2D eigenvalue weighted by Crippen LogP contribution is 2.40. The summed E-state index contributed by atoms with van der Waals surface area (Å²) in [5.41, 5.74) is 9.16. The second-order valence-electron chi connectivity index (χ2n) is 12.6. The average Bonchev–Trinajstić information content (AvgIpc) is 3.82. The van der Waals surface area contributed by atoms with Crippen LogP contribution in [0.25, 0.3) is 97.4 Å². The van der Waals surface area contributed by atoms with E-state index in [1.54, 1.807) is 11.3 Å². The highest BCUT2D eigenvalue weighted by Gasteiger charge is 2.18. The van der Waals surface area contributed by atoms with Crippen LogP contribution in [-0.2, 0) is 0 Å². The second kappa shape index (κ2) is 10.1. The Hall–Kier alpha value is -6.30. The Kier molecular flexibility index (Phi) is 5.51. The van der Waals surface area contributed by atoms with Crippen LogP contribution < -0.4 is 0 Å². The van der Waals surface area contributed by atoms with E-state index in [9.17, 15) is 0 Å². The van der Waals surface area contributed by atoms with Gasteiger partial charge in [-0.2, -0.15) is 0 Å². The van der Waals surface area contributed by atoms with Crippen molar-refractivity contribution in [2.24, 2.45) is 0 Å². The van der Waals surface area contributed by atoms with Crippen molar-refractivity contribution >= 4 is 86.2 Å². The Labute approximate surface area is 284 Å². The lowest BCUT2D eigenvalue weighted by molar-refractivity contribution is 1.08. The van der Waals surface area contributed by atoms with E-state index in [2.05, 4.69) is 161 Å². The third-order valence-electron chi connectivity index (χ3n) is 9.98. The number of para-hydroxylation sites is 3. The van der Waals surface area contributed by atoms with Gasteiger partial charge in [-0.15, -0.1) is 11.3 Å². The van der Waals surface area contributed by atoms with Gasteiger partial charge in [-0.05, 0) is 76.5 Å².